The van der Waals surface area contributed by atoms with E-state index in [2.05, 4.69) is 24.5 Å². The number of ether oxygens (including phenoxy) is 7. The van der Waals surface area contributed by atoms with Gasteiger partial charge in [0.05, 0.1) is 39.3 Å². The molecular formula is C49H68N2O11. The molecule has 1 aliphatic heterocycles. The zero-order chi connectivity index (χ0) is 44.5. The first-order chi connectivity index (χ1) is 29.4. The molecule has 340 valence electrons. The van der Waals surface area contributed by atoms with E-state index in [1.807, 2.05) is 44.2 Å². The van der Waals surface area contributed by atoms with Crippen LogP contribution in [0.3, 0.4) is 0 Å². The lowest BCUT2D eigenvalue weighted by molar-refractivity contribution is -0.176. The molecule has 0 spiro atoms. The third-order valence-corrected chi connectivity index (χ3v) is 14.4. The highest BCUT2D eigenvalue weighted by molar-refractivity contribution is 5.77. The van der Waals surface area contributed by atoms with E-state index in [0.717, 1.165) is 56.1 Å². The fourth-order valence-corrected chi connectivity index (χ4v) is 12.3. The number of rotatable bonds is 17. The van der Waals surface area contributed by atoms with Gasteiger partial charge in [-0.3, -0.25) is 14.4 Å². The SMILES string of the molecule is COc1ccc(C[C@H]2COC(=O)[C@@H]2Cc2ccc(OC(=O)CC3CCC(NCC(C)(C)C(=O)OC(C)OC(=O)NC45CC6CC(C)(CC(C)(C6)C4)C5)CC3)c(OC)c2)cc1OC. The van der Waals surface area contributed by atoms with Crippen molar-refractivity contribution >= 4 is 24.0 Å². The molecule has 6 fully saturated rings. The van der Waals surface area contributed by atoms with Crippen LogP contribution in [0.15, 0.2) is 36.4 Å². The molecule has 0 radical (unpaired) electrons. The monoisotopic (exact) mass is 860 g/mol. The van der Waals surface area contributed by atoms with E-state index in [0.29, 0.717) is 54.9 Å². The number of benzene rings is 2. The van der Waals surface area contributed by atoms with E-state index in [1.54, 1.807) is 27.2 Å². The highest BCUT2D eigenvalue weighted by Crippen LogP contribution is 2.66. The topological polar surface area (TPSA) is 157 Å². The summed E-state index contributed by atoms with van der Waals surface area (Å²) in [6.45, 7) is 10.7. The van der Waals surface area contributed by atoms with Gasteiger partial charge < -0.3 is 43.8 Å². The van der Waals surface area contributed by atoms with Gasteiger partial charge in [0.25, 0.3) is 0 Å². The number of nitrogens with one attached hydrogen (secondary N) is 2. The Bertz CT molecular complexity index is 1960. The van der Waals surface area contributed by atoms with Gasteiger partial charge >= 0.3 is 24.0 Å². The molecule has 1 heterocycles. The molecule has 3 unspecified atom stereocenters. The van der Waals surface area contributed by atoms with Crippen LogP contribution in [0.4, 0.5) is 4.79 Å². The van der Waals surface area contributed by atoms with Gasteiger partial charge in [0.15, 0.2) is 23.0 Å². The number of hydrogen-bond donors (Lipinski definition) is 2. The fourth-order valence-electron chi connectivity index (χ4n) is 12.3. The van der Waals surface area contributed by atoms with Crippen molar-refractivity contribution in [2.24, 2.45) is 39.9 Å². The second-order valence-electron chi connectivity index (χ2n) is 20.7. The molecule has 1 amide bonds. The molecule has 5 atom stereocenters. The Balaban J connectivity index is 0.820. The number of amides is 1. The molecule has 1 saturated heterocycles. The van der Waals surface area contributed by atoms with Gasteiger partial charge in [-0.25, -0.2) is 4.79 Å². The highest BCUT2D eigenvalue weighted by atomic mass is 16.7. The van der Waals surface area contributed by atoms with Crippen LogP contribution in [-0.2, 0) is 41.4 Å². The van der Waals surface area contributed by atoms with Crippen molar-refractivity contribution in [3.8, 4) is 23.0 Å². The minimum Gasteiger partial charge on any atom is -0.493 e. The molecule has 2 N–H and O–H groups in total. The van der Waals surface area contributed by atoms with E-state index in [1.165, 1.54) is 26.4 Å². The Hall–Kier alpha value is -4.52. The third kappa shape index (κ3) is 10.6. The van der Waals surface area contributed by atoms with Crippen LogP contribution in [0.25, 0.3) is 0 Å². The van der Waals surface area contributed by atoms with Crippen molar-refractivity contribution in [2.75, 3.05) is 34.5 Å². The molecule has 6 aliphatic rings. The van der Waals surface area contributed by atoms with Gasteiger partial charge in [-0.1, -0.05) is 26.0 Å². The van der Waals surface area contributed by atoms with E-state index in [-0.39, 0.29) is 58.5 Å². The average molecular weight is 861 g/mol. The van der Waals surface area contributed by atoms with Crippen LogP contribution in [0.5, 0.6) is 23.0 Å². The summed E-state index contributed by atoms with van der Waals surface area (Å²) >= 11 is 0. The lowest BCUT2D eigenvalue weighted by atomic mass is 9.43. The summed E-state index contributed by atoms with van der Waals surface area (Å²) in [4.78, 5) is 52.3. The van der Waals surface area contributed by atoms with Crippen LogP contribution in [0.1, 0.15) is 116 Å². The van der Waals surface area contributed by atoms with E-state index >= 15 is 0 Å². The molecule has 13 heteroatoms. The van der Waals surface area contributed by atoms with E-state index < -0.39 is 23.8 Å². The standard InChI is InChI=1S/C49H68N2O11/c1-30(61-45(55)51-49-24-34-22-47(4,27-49)26-48(5,23-34)28-49)60-44(54)46(2,3)29-50-36-13-9-31(10-14-36)21-42(52)62-39-16-12-33(20-41(39)58-8)18-37-35(25-59-43(37)53)17-32-11-15-38(56-6)40(19-32)57-7/h11-12,15-16,19-20,30-31,34-37,50H,9-10,13-14,17-18,21-29H2,1-8H3,(H,51,55)/t30?,31?,34?,35-,36?,37+,47?,48?,49?/m0/s1. The maximum absolute atomic E-state index is 13.3. The predicted molar refractivity (Wildman–Crippen MR) is 231 cm³/mol. The minimum atomic E-state index is -1.01. The van der Waals surface area contributed by atoms with Crippen LogP contribution in [0, 0.1) is 39.9 Å². The van der Waals surface area contributed by atoms with Crippen molar-refractivity contribution in [3.05, 3.63) is 47.5 Å². The summed E-state index contributed by atoms with van der Waals surface area (Å²) in [7, 11) is 4.73. The summed E-state index contributed by atoms with van der Waals surface area (Å²) in [6, 6.07) is 11.4. The van der Waals surface area contributed by atoms with Crippen molar-refractivity contribution in [3.63, 3.8) is 0 Å². The van der Waals surface area contributed by atoms with Gasteiger partial charge in [-0.05, 0) is 149 Å². The molecule has 2 aromatic rings. The van der Waals surface area contributed by atoms with Gasteiger partial charge in [0.2, 0.25) is 6.29 Å². The Morgan fingerprint density at radius 3 is 2.05 bits per heavy atom. The average Bonchev–Trinajstić information content (AvgIpc) is 3.53. The second-order valence-corrected chi connectivity index (χ2v) is 20.7. The van der Waals surface area contributed by atoms with Crippen LogP contribution >= 0.6 is 0 Å². The zero-order valence-corrected chi connectivity index (χ0v) is 38.0. The number of cyclic esters (lactones) is 1. The summed E-state index contributed by atoms with van der Waals surface area (Å²) in [5, 5.41) is 6.77. The van der Waals surface area contributed by atoms with E-state index in [4.69, 9.17) is 33.2 Å². The van der Waals surface area contributed by atoms with Crippen LogP contribution in [-0.4, -0.2) is 76.4 Å². The Morgan fingerprint density at radius 2 is 1.42 bits per heavy atom. The van der Waals surface area contributed by atoms with Gasteiger partial charge in [-0.15, -0.1) is 0 Å². The molecule has 0 aromatic heterocycles. The maximum atomic E-state index is 13.3. The number of hydrogen-bond acceptors (Lipinski definition) is 12. The molecular weight excluding hydrogens is 793 g/mol. The van der Waals surface area contributed by atoms with Crippen molar-refractivity contribution in [2.45, 2.75) is 136 Å². The summed E-state index contributed by atoms with van der Waals surface area (Å²) < 4.78 is 39.0. The molecule has 8 rings (SSSR count). The second kappa shape index (κ2) is 18.3. The normalized spacial score (nSPS) is 30.5. The third-order valence-electron chi connectivity index (χ3n) is 14.4. The van der Waals surface area contributed by atoms with Crippen LogP contribution < -0.4 is 29.6 Å². The van der Waals surface area contributed by atoms with Gasteiger partial charge in [-0.2, -0.15) is 0 Å². The quantitative estimate of drug-likeness (QED) is 0.0896. The van der Waals surface area contributed by atoms with E-state index in [9.17, 15) is 19.2 Å². The number of carbonyl (C=O) groups is 4. The Morgan fingerprint density at radius 1 is 0.806 bits per heavy atom. The molecule has 2 aromatic carbocycles. The number of alkyl carbamates (subject to hydrolysis) is 1. The first-order valence-corrected chi connectivity index (χ1v) is 22.6. The van der Waals surface area contributed by atoms with Gasteiger partial charge in [0.1, 0.15) is 0 Å². The Labute approximate surface area is 367 Å². The summed E-state index contributed by atoms with van der Waals surface area (Å²) in [5.41, 5.74) is 1.32. The van der Waals surface area contributed by atoms with Crippen molar-refractivity contribution in [1.29, 1.82) is 0 Å². The Kier molecular flexibility index (Phi) is 13.4. The largest absolute Gasteiger partial charge is 0.493 e. The molecule has 62 heavy (non-hydrogen) atoms. The smallest absolute Gasteiger partial charge is 0.410 e. The maximum Gasteiger partial charge on any atom is 0.410 e. The lowest BCUT2D eigenvalue weighted by Gasteiger charge is -2.65. The van der Waals surface area contributed by atoms with Crippen molar-refractivity contribution in [1.82, 2.24) is 10.6 Å². The lowest BCUT2D eigenvalue weighted by Crippen LogP contribution is -2.65. The predicted octanol–water partition coefficient (Wildman–Crippen LogP) is 8.12. The van der Waals surface area contributed by atoms with Crippen LogP contribution in [0.2, 0.25) is 0 Å². The van der Waals surface area contributed by atoms with Crippen molar-refractivity contribution < 1.29 is 52.3 Å². The molecule has 5 aliphatic carbocycles. The summed E-state index contributed by atoms with van der Waals surface area (Å²) in [5.74, 6) is 1.52. The van der Waals surface area contributed by atoms with Gasteiger partial charge in [0, 0.05) is 37.4 Å². The zero-order valence-electron chi connectivity index (χ0n) is 38.0. The minimum absolute atomic E-state index is 0.0178. The molecule has 13 nitrogen and oxygen atoms in total. The number of carbonyl (C=O) groups excluding carboxylic acids is 4. The number of esters is 3. The highest BCUT2D eigenvalue weighted by Gasteiger charge is 2.60. The molecule has 4 bridgehead atoms. The molecule has 5 saturated carbocycles. The first kappa shape index (κ1) is 45.5. The fraction of sp³-hybridized carbons (Fsp3) is 0.673. The first-order valence-electron chi connectivity index (χ1n) is 22.6. The number of methoxy groups -OCH3 is 3. The summed E-state index contributed by atoms with van der Waals surface area (Å²) in [6.07, 6.45) is 9.88.